The summed E-state index contributed by atoms with van der Waals surface area (Å²) in [5.41, 5.74) is 10.6. The van der Waals surface area contributed by atoms with Crippen molar-refractivity contribution in [2.45, 2.75) is 6.92 Å². The first-order valence-electron chi connectivity index (χ1n) is 14.0. The highest BCUT2D eigenvalue weighted by molar-refractivity contribution is 6.10. The van der Waals surface area contributed by atoms with E-state index in [1.807, 2.05) is 0 Å². The number of anilines is 3. The van der Waals surface area contributed by atoms with E-state index in [0.717, 1.165) is 17.1 Å². The van der Waals surface area contributed by atoms with Gasteiger partial charge in [0.05, 0.1) is 11.0 Å². The second-order valence-corrected chi connectivity index (χ2v) is 10.4. The molecule has 0 saturated carbocycles. The molecule has 0 radical (unpaired) electrons. The topological polar surface area (TPSA) is 8.17 Å². The van der Waals surface area contributed by atoms with Crippen LogP contribution in [0, 0.1) is 6.92 Å². The maximum absolute atomic E-state index is 2.36. The molecule has 0 fully saturated rings. The summed E-state index contributed by atoms with van der Waals surface area (Å²) in [4.78, 5) is 2.33. The number of aryl methyl sites for hydroxylation is 1. The number of hydrogen-bond acceptors (Lipinski definition) is 1. The maximum Gasteiger partial charge on any atom is 0.0542 e. The SMILES string of the molecule is Cc1ccc(/C=C/c2ccc(N(c3ccccc3)c3ccc4c(c3)c3ccccc3n4-c3ccccc3)cc2)cc1. The van der Waals surface area contributed by atoms with Crippen LogP contribution in [-0.4, -0.2) is 4.57 Å². The van der Waals surface area contributed by atoms with Crippen molar-refractivity contribution in [2.24, 2.45) is 0 Å². The fourth-order valence-corrected chi connectivity index (χ4v) is 5.58. The van der Waals surface area contributed by atoms with Crippen LogP contribution in [0.2, 0.25) is 0 Å². The quantitative estimate of drug-likeness (QED) is 0.196. The van der Waals surface area contributed by atoms with Crippen molar-refractivity contribution in [3.05, 3.63) is 168 Å². The predicted octanol–water partition coefficient (Wildman–Crippen LogP) is 10.7. The molecule has 0 aliphatic carbocycles. The van der Waals surface area contributed by atoms with Gasteiger partial charge < -0.3 is 9.47 Å². The van der Waals surface area contributed by atoms with Gasteiger partial charge in [-0.2, -0.15) is 0 Å². The third-order valence-corrected chi connectivity index (χ3v) is 7.64. The van der Waals surface area contributed by atoms with E-state index >= 15 is 0 Å². The van der Waals surface area contributed by atoms with Crippen molar-refractivity contribution in [1.29, 1.82) is 0 Å². The highest BCUT2D eigenvalue weighted by Crippen LogP contribution is 2.39. The number of benzene rings is 6. The Kier molecular flexibility index (Phi) is 6.42. The van der Waals surface area contributed by atoms with E-state index in [0.29, 0.717) is 0 Å². The highest BCUT2D eigenvalue weighted by atomic mass is 15.1. The van der Waals surface area contributed by atoms with Gasteiger partial charge in [-0.1, -0.05) is 109 Å². The molecule has 0 bridgehead atoms. The number of rotatable bonds is 6. The third-order valence-electron chi connectivity index (χ3n) is 7.64. The molecular weight excluding hydrogens is 496 g/mol. The van der Waals surface area contributed by atoms with E-state index < -0.39 is 0 Å². The van der Waals surface area contributed by atoms with Crippen molar-refractivity contribution < 1.29 is 0 Å². The van der Waals surface area contributed by atoms with E-state index in [4.69, 9.17) is 0 Å². The smallest absolute Gasteiger partial charge is 0.0542 e. The minimum Gasteiger partial charge on any atom is -0.310 e. The van der Waals surface area contributed by atoms with Gasteiger partial charge in [-0.15, -0.1) is 0 Å². The fourth-order valence-electron chi connectivity index (χ4n) is 5.58. The molecule has 7 rings (SSSR count). The first-order valence-corrected chi connectivity index (χ1v) is 14.0. The Morgan fingerprint density at radius 3 is 1.71 bits per heavy atom. The molecule has 0 saturated heterocycles. The lowest BCUT2D eigenvalue weighted by molar-refractivity contribution is 1.18. The Bertz CT molecular complexity index is 1960. The molecular formula is C39H30N2. The molecule has 0 atom stereocenters. The van der Waals surface area contributed by atoms with Crippen LogP contribution in [0.3, 0.4) is 0 Å². The van der Waals surface area contributed by atoms with Crippen LogP contribution in [0.5, 0.6) is 0 Å². The van der Waals surface area contributed by atoms with Gasteiger partial charge in [0.25, 0.3) is 0 Å². The van der Waals surface area contributed by atoms with Crippen molar-refractivity contribution in [1.82, 2.24) is 4.57 Å². The van der Waals surface area contributed by atoms with Gasteiger partial charge in [0, 0.05) is 33.5 Å². The minimum absolute atomic E-state index is 1.12. The Morgan fingerprint density at radius 1 is 0.463 bits per heavy atom. The monoisotopic (exact) mass is 526 g/mol. The Balaban J connectivity index is 1.32. The summed E-state index contributed by atoms with van der Waals surface area (Å²) < 4.78 is 2.36. The van der Waals surface area contributed by atoms with Gasteiger partial charge in [-0.05, 0) is 78.7 Å². The maximum atomic E-state index is 2.36. The van der Waals surface area contributed by atoms with E-state index in [9.17, 15) is 0 Å². The predicted molar refractivity (Wildman–Crippen MR) is 176 cm³/mol. The zero-order valence-corrected chi connectivity index (χ0v) is 23.0. The Morgan fingerprint density at radius 2 is 1.00 bits per heavy atom. The standard InChI is InChI=1S/C39H30N2/c1-29-16-18-30(19-17-29)20-21-31-22-24-34(25-23-31)40(32-10-4-2-5-11-32)35-26-27-39-37(28-35)36-14-8-9-15-38(36)41(39)33-12-6-3-7-13-33/h2-28H,1H3/b21-20+. The van der Waals surface area contributed by atoms with Gasteiger partial charge in [-0.3, -0.25) is 0 Å². The Hall–Kier alpha value is -5.34. The Labute approximate surface area is 241 Å². The lowest BCUT2D eigenvalue weighted by Crippen LogP contribution is -2.09. The van der Waals surface area contributed by atoms with Crippen molar-refractivity contribution >= 4 is 51.0 Å². The van der Waals surface area contributed by atoms with Crippen LogP contribution in [0.4, 0.5) is 17.1 Å². The van der Waals surface area contributed by atoms with E-state index in [1.54, 1.807) is 0 Å². The molecule has 0 unspecified atom stereocenters. The molecule has 0 aliphatic heterocycles. The molecule has 2 heteroatoms. The summed E-state index contributed by atoms with van der Waals surface area (Å²) in [5.74, 6) is 0. The normalized spacial score (nSPS) is 11.4. The summed E-state index contributed by atoms with van der Waals surface area (Å²) in [5, 5.41) is 2.48. The lowest BCUT2D eigenvalue weighted by atomic mass is 10.1. The number of hydrogen-bond donors (Lipinski definition) is 0. The van der Waals surface area contributed by atoms with Crippen LogP contribution in [-0.2, 0) is 0 Å². The second kappa shape index (κ2) is 10.7. The molecule has 0 amide bonds. The lowest BCUT2D eigenvalue weighted by Gasteiger charge is -2.25. The number of fused-ring (bicyclic) bond motifs is 3. The number of aromatic nitrogens is 1. The third kappa shape index (κ3) is 4.81. The summed E-state index contributed by atoms with van der Waals surface area (Å²) in [6, 6.07) is 54.1. The van der Waals surface area contributed by atoms with Crippen molar-refractivity contribution in [3.63, 3.8) is 0 Å². The molecule has 1 heterocycles. The molecule has 196 valence electrons. The fraction of sp³-hybridized carbons (Fsp3) is 0.0256. The van der Waals surface area contributed by atoms with E-state index in [1.165, 1.54) is 44.2 Å². The largest absolute Gasteiger partial charge is 0.310 e. The van der Waals surface area contributed by atoms with Gasteiger partial charge in [0.2, 0.25) is 0 Å². The zero-order chi connectivity index (χ0) is 27.6. The van der Waals surface area contributed by atoms with Crippen molar-refractivity contribution in [3.8, 4) is 5.69 Å². The molecule has 1 aromatic heterocycles. The summed E-state index contributed by atoms with van der Waals surface area (Å²) in [7, 11) is 0. The summed E-state index contributed by atoms with van der Waals surface area (Å²) in [6.45, 7) is 2.11. The van der Waals surface area contributed by atoms with E-state index in [2.05, 4.69) is 180 Å². The minimum atomic E-state index is 1.12. The number of para-hydroxylation sites is 3. The number of nitrogens with zero attached hydrogens (tertiary/aromatic N) is 2. The summed E-state index contributed by atoms with van der Waals surface area (Å²) in [6.07, 6.45) is 4.34. The van der Waals surface area contributed by atoms with Gasteiger partial charge in [0.1, 0.15) is 0 Å². The first kappa shape index (κ1) is 24.7. The molecule has 2 nitrogen and oxygen atoms in total. The average molecular weight is 527 g/mol. The zero-order valence-electron chi connectivity index (χ0n) is 23.0. The van der Waals surface area contributed by atoms with Crippen molar-refractivity contribution in [2.75, 3.05) is 4.90 Å². The van der Waals surface area contributed by atoms with Gasteiger partial charge >= 0.3 is 0 Å². The molecule has 0 N–H and O–H groups in total. The molecule has 6 aromatic carbocycles. The average Bonchev–Trinajstić information content (AvgIpc) is 3.36. The van der Waals surface area contributed by atoms with Crippen LogP contribution in [0.1, 0.15) is 16.7 Å². The van der Waals surface area contributed by atoms with E-state index in [-0.39, 0.29) is 0 Å². The second-order valence-electron chi connectivity index (χ2n) is 10.4. The van der Waals surface area contributed by atoms with Crippen LogP contribution in [0.15, 0.2) is 152 Å². The highest BCUT2D eigenvalue weighted by Gasteiger charge is 2.17. The molecule has 0 aliphatic rings. The first-order chi connectivity index (χ1) is 20.2. The molecule has 0 spiro atoms. The summed E-state index contributed by atoms with van der Waals surface area (Å²) >= 11 is 0. The van der Waals surface area contributed by atoms with Gasteiger partial charge in [0.15, 0.2) is 0 Å². The van der Waals surface area contributed by atoms with Crippen LogP contribution < -0.4 is 4.90 Å². The van der Waals surface area contributed by atoms with Gasteiger partial charge in [-0.25, -0.2) is 0 Å². The molecule has 7 aromatic rings. The van der Waals surface area contributed by atoms with Crippen LogP contribution >= 0.6 is 0 Å². The van der Waals surface area contributed by atoms with Crippen LogP contribution in [0.25, 0.3) is 39.6 Å². The molecule has 41 heavy (non-hydrogen) atoms.